The molecule has 21 heavy (non-hydrogen) atoms. The summed E-state index contributed by atoms with van der Waals surface area (Å²) in [5.41, 5.74) is 6.04. The Balaban J connectivity index is 1.60. The number of hydrogen-bond donors (Lipinski definition) is 1. The van der Waals surface area contributed by atoms with Gasteiger partial charge in [-0.05, 0) is 19.3 Å². The summed E-state index contributed by atoms with van der Waals surface area (Å²) in [6, 6.07) is 1.29. The fourth-order valence-corrected chi connectivity index (χ4v) is 3.74. The Hall–Kier alpha value is -1.65. The highest BCUT2D eigenvalue weighted by atomic mass is 16.2. The smallest absolute Gasteiger partial charge is 0.241 e. The molecule has 2 amide bonds. The maximum atomic E-state index is 12.4. The van der Waals surface area contributed by atoms with Crippen molar-refractivity contribution in [2.24, 2.45) is 5.73 Å². The predicted molar refractivity (Wildman–Crippen MR) is 74.9 cm³/mol. The number of carbonyl (C=O) groups is 2. The van der Waals surface area contributed by atoms with Crippen molar-refractivity contribution in [1.82, 2.24) is 14.7 Å². The lowest BCUT2D eigenvalue weighted by atomic mass is 10.2. The molecule has 7 heteroatoms. The van der Waals surface area contributed by atoms with E-state index in [-0.39, 0.29) is 29.9 Å². The molecule has 4 atom stereocenters. The zero-order valence-electron chi connectivity index (χ0n) is 12.2. The summed E-state index contributed by atoms with van der Waals surface area (Å²) in [5.74, 6) is -0.0374. The first-order valence-electron chi connectivity index (χ1n) is 7.49. The van der Waals surface area contributed by atoms with Crippen molar-refractivity contribution in [3.05, 3.63) is 0 Å². The molecule has 0 spiro atoms. The molecule has 114 valence electrons. The molecule has 3 aliphatic heterocycles. The monoisotopic (exact) mass is 291 g/mol. The minimum absolute atomic E-state index is 0.121. The van der Waals surface area contributed by atoms with Crippen LogP contribution in [0.15, 0.2) is 0 Å². The van der Waals surface area contributed by atoms with Gasteiger partial charge in [-0.25, -0.2) is 0 Å². The normalized spacial score (nSPS) is 33.6. The van der Waals surface area contributed by atoms with E-state index >= 15 is 0 Å². The van der Waals surface area contributed by atoms with Crippen LogP contribution in [0, 0.1) is 11.3 Å². The zero-order valence-corrected chi connectivity index (χ0v) is 12.2. The number of rotatable bonds is 3. The number of nitrogens with two attached hydrogens (primary N) is 1. The van der Waals surface area contributed by atoms with Gasteiger partial charge < -0.3 is 15.5 Å². The molecule has 3 aliphatic rings. The molecule has 2 N–H and O–H groups in total. The fraction of sp³-hybridized carbons (Fsp3) is 0.786. The number of piperazine rings is 1. The fourth-order valence-electron chi connectivity index (χ4n) is 3.74. The Morgan fingerprint density at radius 1 is 1.57 bits per heavy atom. The van der Waals surface area contributed by atoms with Gasteiger partial charge in [-0.1, -0.05) is 0 Å². The number of carbonyl (C=O) groups excluding carboxylic acids is 2. The van der Waals surface area contributed by atoms with E-state index in [0.717, 1.165) is 25.8 Å². The third-order valence-corrected chi connectivity index (χ3v) is 5.00. The van der Waals surface area contributed by atoms with E-state index < -0.39 is 6.04 Å². The van der Waals surface area contributed by atoms with Crippen LogP contribution in [0.1, 0.15) is 19.3 Å². The maximum Gasteiger partial charge on any atom is 0.241 e. The molecular formula is C14H21N5O2. The lowest BCUT2D eigenvalue weighted by Gasteiger charge is -2.33. The van der Waals surface area contributed by atoms with Crippen LogP contribution in [0.4, 0.5) is 0 Å². The summed E-state index contributed by atoms with van der Waals surface area (Å²) in [4.78, 5) is 29.8. The molecule has 3 fully saturated rings. The highest BCUT2D eigenvalue weighted by Crippen LogP contribution is 2.30. The summed E-state index contributed by atoms with van der Waals surface area (Å²) < 4.78 is 0. The zero-order chi connectivity index (χ0) is 15.1. The standard InChI is InChI=1S/C14H21N5O2/c1-17-10-5-12(14(17)21)18(7-10)8-11(16)13(20)19-4-2-3-9(19)6-15/h9-12H,2-5,7-8,16H2,1H3/t9-,10-,11-,12-/m0/s1. The Labute approximate surface area is 124 Å². The van der Waals surface area contributed by atoms with E-state index in [1.807, 2.05) is 11.9 Å². The average Bonchev–Trinajstić information content (AvgIpc) is 3.15. The minimum Gasteiger partial charge on any atom is -0.340 e. The van der Waals surface area contributed by atoms with Crippen LogP contribution in [-0.4, -0.2) is 77.4 Å². The van der Waals surface area contributed by atoms with Crippen molar-refractivity contribution in [3.8, 4) is 6.07 Å². The van der Waals surface area contributed by atoms with Crippen LogP contribution >= 0.6 is 0 Å². The van der Waals surface area contributed by atoms with Gasteiger partial charge in [0.25, 0.3) is 0 Å². The van der Waals surface area contributed by atoms with Crippen molar-refractivity contribution in [1.29, 1.82) is 5.26 Å². The molecule has 0 aromatic rings. The molecule has 0 aliphatic carbocycles. The molecule has 0 saturated carbocycles. The van der Waals surface area contributed by atoms with Crippen LogP contribution in [0.25, 0.3) is 0 Å². The van der Waals surface area contributed by atoms with Gasteiger partial charge in [0.2, 0.25) is 11.8 Å². The Morgan fingerprint density at radius 3 is 2.95 bits per heavy atom. The topological polar surface area (TPSA) is 93.7 Å². The van der Waals surface area contributed by atoms with Gasteiger partial charge in [0.15, 0.2) is 0 Å². The first-order valence-corrected chi connectivity index (χ1v) is 7.49. The van der Waals surface area contributed by atoms with Crippen LogP contribution in [0.2, 0.25) is 0 Å². The van der Waals surface area contributed by atoms with Crippen molar-refractivity contribution >= 4 is 11.8 Å². The maximum absolute atomic E-state index is 12.4. The molecule has 0 aromatic heterocycles. The number of nitriles is 1. The molecule has 0 aromatic carbocycles. The van der Waals surface area contributed by atoms with Crippen molar-refractivity contribution < 1.29 is 9.59 Å². The Bertz CT molecular complexity index is 502. The Morgan fingerprint density at radius 2 is 2.33 bits per heavy atom. The van der Waals surface area contributed by atoms with Gasteiger partial charge >= 0.3 is 0 Å². The third kappa shape index (κ3) is 2.28. The SMILES string of the molecule is CN1C(=O)[C@@H]2C[C@H]1CN2C[C@H](N)C(=O)N1CCC[C@H]1C#N. The van der Waals surface area contributed by atoms with Gasteiger partial charge in [0.1, 0.15) is 6.04 Å². The summed E-state index contributed by atoms with van der Waals surface area (Å²) in [6.07, 6.45) is 2.42. The first-order chi connectivity index (χ1) is 10.0. The predicted octanol–water partition coefficient (Wildman–Crippen LogP) is -1.26. The second-order valence-electron chi connectivity index (χ2n) is 6.23. The number of amides is 2. The van der Waals surface area contributed by atoms with E-state index in [2.05, 4.69) is 6.07 Å². The number of fused-ring (bicyclic) bond motifs is 2. The molecule has 2 bridgehead atoms. The van der Waals surface area contributed by atoms with E-state index in [0.29, 0.717) is 13.1 Å². The van der Waals surface area contributed by atoms with Gasteiger partial charge in [-0.2, -0.15) is 5.26 Å². The summed E-state index contributed by atoms with van der Waals surface area (Å²) in [5, 5.41) is 9.06. The molecule has 0 radical (unpaired) electrons. The molecular weight excluding hydrogens is 270 g/mol. The van der Waals surface area contributed by atoms with Crippen LogP contribution < -0.4 is 5.73 Å². The largest absolute Gasteiger partial charge is 0.340 e. The second kappa shape index (κ2) is 5.28. The highest BCUT2D eigenvalue weighted by molar-refractivity contribution is 5.86. The first kappa shape index (κ1) is 14.3. The van der Waals surface area contributed by atoms with E-state index in [1.165, 1.54) is 0 Å². The van der Waals surface area contributed by atoms with Crippen LogP contribution in [0.5, 0.6) is 0 Å². The number of likely N-dealkylation sites (tertiary alicyclic amines) is 3. The molecule has 0 unspecified atom stereocenters. The molecule has 7 nitrogen and oxygen atoms in total. The second-order valence-corrected chi connectivity index (χ2v) is 6.23. The van der Waals surface area contributed by atoms with Gasteiger partial charge in [0, 0.05) is 32.7 Å². The van der Waals surface area contributed by atoms with E-state index in [1.54, 1.807) is 9.80 Å². The summed E-state index contributed by atoms with van der Waals surface area (Å²) in [7, 11) is 1.83. The number of nitrogens with zero attached hydrogens (tertiary/aromatic N) is 4. The third-order valence-electron chi connectivity index (χ3n) is 5.00. The lowest BCUT2D eigenvalue weighted by Crippen LogP contribution is -2.55. The average molecular weight is 291 g/mol. The lowest BCUT2D eigenvalue weighted by molar-refractivity contribution is -0.138. The molecule has 3 rings (SSSR count). The summed E-state index contributed by atoms with van der Waals surface area (Å²) in [6.45, 7) is 1.79. The van der Waals surface area contributed by atoms with Gasteiger partial charge in [0.05, 0.1) is 18.2 Å². The molecule has 3 heterocycles. The van der Waals surface area contributed by atoms with Crippen LogP contribution in [-0.2, 0) is 9.59 Å². The van der Waals surface area contributed by atoms with Gasteiger partial charge in [-0.3, -0.25) is 14.5 Å². The quantitative estimate of drug-likeness (QED) is 0.701. The molecule has 3 saturated heterocycles. The van der Waals surface area contributed by atoms with Crippen molar-refractivity contribution in [2.45, 2.75) is 43.4 Å². The number of likely N-dealkylation sites (N-methyl/N-ethyl adjacent to an activating group) is 1. The van der Waals surface area contributed by atoms with Gasteiger partial charge in [-0.15, -0.1) is 0 Å². The Kier molecular flexibility index (Phi) is 3.59. The summed E-state index contributed by atoms with van der Waals surface area (Å²) >= 11 is 0. The van der Waals surface area contributed by atoms with Crippen LogP contribution in [0.3, 0.4) is 0 Å². The highest BCUT2D eigenvalue weighted by Gasteiger charge is 2.48. The number of hydrogen-bond acceptors (Lipinski definition) is 5. The van der Waals surface area contributed by atoms with E-state index in [4.69, 9.17) is 11.0 Å². The minimum atomic E-state index is -0.656. The van der Waals surface area contributed by atoms with E-state index in [9.17, 15) is 9.59 Å². The van der Waals surface area contributed by atoms with Crippen molar-refractivity contribution in [2.75, 3.05) is 26.7 Å². The van der Waals surface area contributed by atoms with Crippen molar-refractivity contribution in [3.63, 3.8) is 0 Å².